The third-order valence-corrected chi connectivity index (χ3v) is 10.7. The summed E-state index contributed by atoms with van der Waals surface area (Å²) >= 11 is 0. The topological polar surface area (TPSA) is 63.7 Å². The van der Waals surface area contributed by atoms with Gasteiger partial charge in [-0.05, 0) is 40.8 Å². The van der Waals surface area contributed by atoms with Crippen molar-refractivity contribution < 1.29 is 19.1 Å². The molecule has 1 heterocycles. The summed E-state index contributed by atoms with van der Waals surface area (Å²) in [4.78, 5) is 47.8. The van der Waals surface area contributed by atoms with E-state index >= 15 is 14.4 Å². The van der Waals surface area contributed by atoms with Gasteiger partial charge in [-0.15, -0.1) is 0 Å². The highest BCUT2D eigenvalue weighted by Gasteiger charge is 2.86. The van der Waals surface area contributed by atoms with Crippen LogP contribution in [0.3, 0.4) is 0 Å². The third-order valence-electron chi connectivity index (χ3n) is 10.7. The Bertz CT molecular complexity index is 1840. The number of hydrogen-bond acceptors (Lipinski definition) is 4. The lowest BCUT2D eigenvalue weighted by Gasteiger charge is -2.46. The van der Waals surface area contributed by atoms with Crippen LogP contribution in [0.25, 0.3) is 0 Å². The molecule has 6 atom stereocenters. The van der Waals surface area contributed by atoms with Gasteiger partial charge in [0, 0.05) is 11.8 Å². The van der Waals surface area contributed by atoms with E-state index in [1.165, 1.54) is 4.90 Å². The number of Topliss-reactive ketones (excluding diaryl/α,β-unsaturated/α-hetero) is 1. The fourth-order valence-corrected chi connectivity index (χ4v) is 9.26. The van der Waals surface area contributed by atoms with Gasteiger partial charge in [-0.3, -0.25) is 14.4 Å². The Hall–Kier alpha value is -5.29. The monoisotopic (exact) mass is 617 g/mol. The van der Waals surface area contributed by atoms with Gasteiger partial charge in [0.1, 0.15) is 5.75 Å². The standard InChI is InChI=1S/C42H35NO4/c1-2-27-47-33-26-16-15-25-32(33)43-38(44)36-37(39(43)45)42(31-23-13-6-14-24-31)35(29-19-9-4-10-20-29)34(28-17-7-3-8-18-28)41(36,40(42)46)30-21-11-5-12-22-30/h3-26,34-37H,2,27H2,1H3. The highest BCUT2D eigenvalue weighted by atomic mass is 16.5. The number of anilines is 1. The molecule has 0 aromatic heterocycles. The lowest BCUT2D eigenvalue weighted by molar-refractivity contribution is -0.131. The first-order valence-corrected chi connectivity index (χ1v) is 16.4. The van der Waals surface area contributed by atoms with E-state index in [2.05, 4.69) is 24.3 Å². The van der Waals surface area contributed by atoms with Crippen LogP contribution in [0.2, 0.25) is 0 Å². The number of imide groups is 1. The van der Waals surface area contributed by atoms with Crippen LogP contribution in [0.5, 0.6) is 5.75 Å². The molecule has 5 aromatic carbocycles. The van der Waals surface area contributed by atoms with Gasteiger partial charge in [-0.25, -0.2) is 4.90 Å². The van der Waals surface area contributed by atoms with Crippen molar-refractivity contribution in [1.82, 2.24) is 0 Å². The Kier molecular flexibility index (Phi) is 6.94. The lowest BCUT2D eigenvalue weighted by atomic mass is 9.52. The van der Waals surface area contributed by atoms with E-state index in [1.807, 2.05) is 116 Å². The van der Waals surface area contributed by atoms with Crippen molar-refractivity contribution >= 4 is 23.3 Å². The Balaban J connectivity index is 1.49. The molecule has 2 aliphatic carbocycles. The van der Waals surface area contributed by atoms with Gasteiger partial charge in [-0.2, -0.15) is 0 Å². The second kappa shape index (κ2) is 11.2. The maximum atomic E-state index is 16.0. The van der Waals surface area contributed by atoms with Crippen molar-refractivity contribution in [2.75, 3.05) is 11.5 Å². The van der Waals surface area contributed by atoms with Crippen molar-refractivity contribution in [2.24, 2.45) is 11.8 Å². The second-order valence-corrected chi connectivity index (χ2v) is 12.9. The number of carbonyl (C=O) groups excluding carboxylic acids is 3. The summed E-state index contributed by atoms with van der Waals surface area (Å²) in [7, 11) is 0. The van der Waals surface area contributed by atoms with Crippen LogP contribution >= 0.6 is 0 Å². The molecule has 0 spiro atoms. The molecular formula is C42H35NO4. The van der Waals surface area contributed by atoms with Crippen LogP contribution in [-0.2, 0) is 25.2 Å². The minimum absolute atomic E-state index is 0.0584. The van der Waals surface area contributed by atoms with Crippen LogP contribution in [0, 0.1) is 11.8 Å². The van der Waals surface area contributed by atoms with Crippen molar-refractivity contribution in [3.8, 4) is 5.75 Å². The molecule has 0 radical (unpaired) electrons. The van der Waals surface area contributed by atoms with E-state index in [0.29, 0.717) is 18.0 Å². The summed E-state index contributed by atoms with van der Waals surface area (Å²) in [6.45, 7) is 2.47. The molecule has 5 nitrogen and oxygen atoms in total. The molecule has 47 heavy (non-hydrogen) atoms. The molecule has 8 rings (SSSR count). The number of ketones is 1. The lowest BCUT2D eigenvalue weighted by Crippen LogP contribution is -2.49. The predicted molar refractivity (Wildman–Crippen MR) is 181 cm³/mol. The first-order chi connectivity index (χ1) is 23.1. The number of nitrogens with zero attached hydrogens (tertiary/aromatic N) is 1. The third kappa shape index (κ3) is 3.86. The molecule has 6 unspecified atom stereocenters. The van der Waals surface area contributed by atoms with Gasteiger partial charge in [0.25, 0.3) is 0 Å². The Morgan fingerprint density at radius 3 is 1.38 bits per heavy atom. The van der Waals surface area contributed by atoms with E-state index in [1.54, 1.807) is 12.1 Å². The van der Waals surface area contributed by atoms with E-state index in [9.17, 15) is 0 Å². The fourth-order valence-electron chi connectivity index (χ4n) is 9.26. The minimum atomic E-state index is -1.32. The van der Waals surface area contributed by atoms with Gasteiger partial charge < -0.3 is 4.74 Å². The SMILES string of the molecule is CCCOc1ccccc1N1C(=O)C2C(C1=O)C1(c3ccccc3)C(=O)C2(c2ccccc2)C(c2ccccc2)C1c1ccccc1. The smallest absolute Gasteiger partial charge is 0.239 e. The van der Waals surface area contributed by atoms with Gasteiger partial charge in [0.15, 0.2) is 5.78 Å². The Morgan fingerprint density at radius 2 is 0.936 bits per heavy atom. The van der Waals surface area contributed by atoms with Crippen LogP contribution in [0.15, 0.2) is 146 Å². The summed E-state index contributed by atoms with van der Waals surface area (Å²) in [5.74, 6) is -2.97. The first kappa shape index (κ1) is 29.1. The van der Waals surface area contributed by atoms with Gasteiger partial charge in [0.2, 0.25) is 11.8 Å². The zero-order chi connectivity index (χ0) is 32.2. The summed E-state index contributed by atoms with van der Waals surface area (Å²) in [5, 5.41) is 0. The first-order valence-electron chi connectivity index (χ1n) is 16.4. The van der Waals surface area contributed by atoms with Crippen molar-refractivity contribution in [3.63, 3.8) is 0 Å². The average molecular weight is 618 g/mol. The van der Waals surface area contributed by atoms with Crippen LogP contribution in [0.1, 0.15) is 47.4 Å². The van der Waals surface area contributed by atoms with E-state index < -0.39 is 34.5 Å². The van der Waals surface area contributed by atoms with E-state index in [0.717, 1.165) is 28.7 Å². The quantitative estimate of drug-likeness (QED) is 0.168. The summed E-state index contributed by atoms with van der Waals surface area (Å²) in [6.07, 6.45) is 0.779. The van der Waals surface area contributed by atoms with Crippen LogP contribution in [-0.4, -0.2) is 24.2 Å². The molecular weight excluding hydrogens is 582 g/mol. The summed E-state index contributed by atoms with van der Waals surface area (Å²) < 4.78 is 6.10. The van der Waals surface area contributed by atoms with Crippen molar-refractivity contribution in [2.45, 2.75) is 36.0 Å². The maximum Gasteiger partial charge on any atom is 0.239 e. The van der Waals surface area contributed by atoms with E-state index in [4.69, 9.17) is 4.74 Å². The highest BCUT2D eigenvalue weighted by Crippen LogP contribution is 2.77. The Labute approximate surface area is 274 Å². The van der Waals surface area contributed by atoms with Crippen LogP contribution < -0.4 is 9.64 Å². The number of carbonyl (C=O) groups is 3. The largest absolute Gasteiger partial charge is 0.491 e. The number of para-hydroxylation sites is 2. The minimum Gasteiger partial charge on any atom is -0.491 e. The summed E-state index contributed by atoms with van der Waals surface area (Å²) in [5.41, 5.74) is 1.28. The molecule has 2 saturated carbocycles. The number of amides is 2. The fraction of sp³-hybridized carbons (Fsp3) is 0.214. The number of rotatable bonds is 8. The molecule has 2 amide bonds. The normalized spacial score (nSPS) is 27.7. The molecule has 2 bridgehead atoms. The number of fused-ring (bicyclic) bond motifs is 5. The average Bonchev–Trinajstić information content (AvgIpc) is 3.64. The maximum absolute atomic E-state index is 16.0. The van der Waals surface area contributed by atoms with E-state index in [-0.39, 0.29) is 17.6 Å². The van der Waals surface area contributed by atoms with Crippen LogP contribution in [0.4, 0.5) is 5.69 Å². The molecule has 232 valence electrons. The molecule has 1 saturated heterocycles. The van der Waals surface area contributed by atoms with Gasteiger partial charge >= 0.3 is 0 Å². The second-order valence-electron chi connectivity index (χ2n) is 12.9. The predicted octanol–water partition coefficient (Wildman–Crippen LogP) is 7.62. The van der Waals surface area contributed by atoms with Gasteiger partial charge in [-0.1, -0.05) is 140 Å². The zero-order valence-electron chi connectivity index (χ0n) is 26.2. The summed E-state index contributed by atoms with van der Waals surface area (Å²) in [6, 6.07) is 46.9. The molecule has 3 fully saturated rings. The number of benzene rings is 5. The van der Waals surface area contributed by atoms with Gasteiger partial charge in [0.05, 0.1) is 35.0 Å². The van der Waals surface area contributed by atoms with Crippen molar-refractivity contribution in [1.29, 1.82) is 0 Å². The molecule has 3 aliphatic rings. The number of ether oxygens (including phenoxy) is 1. The molecule has 5 heteroatoms. The highest BCUT2D eigenvalue weighted by molar-refractivity contribution is 6.30. The Morgan fingerprint density at radius 1 is 0.532 bits per heavy atom. The number of hydrogen-bond donors (Lipinski definition) is 0. The molecule has 5 aromatic rings. The van der Waals surface area contributed by atoms with Crippen molar-refractivity contribution in [3.05, 3.63) is 168 Å². The zero-order valence-corrected chi connectivity index (χ0v) is 26.2. The molecule has 0 N–H and O–H groups in total. The molecule has 1 aliphatic heterocycles.